The van der Waals surface area contributed by atoms with Gasteiger partial charge in [0.15, 0.2) is 0 Å². The second kappa shape index (κ2) is 4.30. The van der Waals surface area contributed by atoms with Crippen molar-refractivity contribution in [2.24, 2.45) is 0 Å². The maximum absolute atomic E-state index is 11.2. The Hall–Kier alpha value is -0.770. The molecule has 70 valence electrons. The zero-order valence-corrected chi connectivity index (χ0v) is 7.67. The molecule has 1 N–H and O–H groups in total. The lowest BCUT2D eigenvalue weighted by atomic mass is 10.1. The fraction of sp³-hybridized carbons (Fsp3) is 0.875. The number of hydrogen-bond acceptors (Lipinski definition) is 3. The van der Waals surface area contributed by atoms with Crippen LogP contribution in [0, 0.1) is 0 Å². The Morgan fingerprint density at radius 3 is 2.67 bits per heavy atom. The van der Waals surface area contributed by atoms with E-state index in [4.69, 9.17) is 0 Å². The number of rotatable bonds is 3. The number of methoxy groups -OCH3 is 1. The Balaban J connectivity index is 2.41. The SMILES string of the molecule is CCCN(C(=O)OC)C1CNC1. The largest absolute Gasteiger partial charge is 0.453 e. The van der Waals surface area contributed by atoms with Crippen LogP contribution in [0.4, 0.5) is 4.79 Å². The van der Waals surface area contributed by atoms with Gasteiger partial charge in [0.1, 0.15) is 0 Å². The first-order chi connectivity index (χ1) is 5.79. The van der Waals surface area contributed by atoms with Crippen molar-refractivity contribution in [1.29, 1.82) is 0 Å². The molecule has 12 heavy (non-hydrogen) atoms. The first-order valence-electron chi connectivity index (χ1n) is 4.35. The van der Waals surface area contributed by atoms with Gasteiger partial charge >= 0.3 is 6.09 Å². The molecule has 1 rings (SSSR count). The summed E-state index contributed by atoms with van der Waals surface area (Å²) in [7, 11) is 1.43. The second-order valence-corrected chi connectivity index (χ2v) is 2.98. The van der Waals surface area contributed by atoms with E-state index in [1.54, 1.807) is 4.90 Å². The molecule has 0 saturated carbocycles. The molecular formula is C8H16N2O2. The maximum atomic E-state index is 11.2. The summed E-state index contributed by atoms with van der Waals surface area (Å²) in [5, 5.41) is 3.13. The summed E-state index contributed by atoms with van der Waals surface area (Å²) >= 11 is 0. The zero-order chi connectivity index (χ0) is 8.97. The number of carbonyl (C=O) groups excluding carboxylic acids is 1. The minimum atomic E-state index is -0.205. The van der Waals surface area contributed by atoms with Crippen LogP contribution in [0.15, 0.2) is 0 Å². The molecule has 1 amide bonds. The number of nitrogens with zero attached hydrogens (tertiary/aromatic N) is 1. The van der Waals surface area contributed by atoms with E-state index in [-0.39, 0.29) is 6.09 Å². The van der Waals surface area contributed by atoms with E-state index in [1.807, 2.05) is 0 Å². The van der Waals surface area contributed by atoms with Crippen molar-refractivity contribution in [2.75, 3.05) is 26.7 Å². The average molecular weight is 172 g/mol. The van der Waals surface area contributed by atoms with Crippen LogP contribution in [0.2, 0.25) is 0 Å². The van der Waals surface area contributed by atoms with E-state index in [9.17, 15) is 4.79 Å². The van der Waals surface area contributed by atoms with Gasteiger partial charge in [-0.2, -0.15) is 0 Å². The minimum Gasteiger partial charge on any atom is -0.453 e. The Bertz CT molecular complexity index is 157. The van der Waals surface area contributed by atoms with Gasteiger partial charge in [-0.05, 0) is 6.42 Å². The van der Waals surface area contributed by atoms with Crippen LogP contribution in [0.25, 0.3) is 0 Å². The summed E-state index contributed by atoms with van der Waals surface area (Å²) in [4.78, 5) is 13.0. The van der Waals surface area contributed by atoms with Crippen LogP contribution in [-0.2, 0) is 4.74 Å². The summed E-state index contributed by atoms with van der Waals surface area (Å²) in [5.41, 5.74) is 0. The summed E-state index contributed by atoms with van der Waals surface area (Å²) in [5.74, 6) is 0. The molecule has 0 aromatic rings. The molecule has 4 heteroatoms. The van der Waals surface area contributed by atoms with Crippen molar-refractivity contribution in [3.8, 4) is 0 Å². The van der Waals surface area contributed by atoms with Crippen LogP contribution in [0.1, 0.15) is 13.3 Å². The van der Waals surface area contributed by atoms with Gasteiger partial charge in [-0.15, -0.1) is 0 Å². The lowest BCUT2D eigenvalue weighted by molar-refractivity contribution is 0.0897. The fourth-order valence-corrected chi connectivity index (χ4v) is 1.27. The molecule has 0 atom stereocenters. The lowest BCUT2D eigenvalue weighted by Crippen LogP contribution is -2.59. The van der Waals surface area contributed by atoms with Gasteiger partial charge in [0.2, 0.25) is 0 Å². The number of hydrogen-bond donors (Lipinski definition) is 1. The van der Waals surface area contributed by atoms with E-state index >= 15 is 0 Å². The average Bonchev–Trinajstić information content (AvgIpc) is 1.99. The normalized spacial score (nSPS) is 16.8. The van der Waals surface area contributed by atoms with Gasteiger partial charge < -0.3 is 15.0 Å². The van der Waals surface area contributed by atoms with Crippen molar-refractivity contribution in [3.63, 3.8) is 0 Å². The fourth-order valence-electron chi connectivity index (χ4n) is 1.27. The molecule has 0 aromatic carbocycles. The zero-order valence-electron chi connectivity index (χ0n) is 7.67. The minimum absolute atomic E-state index is 0.205. The topological polar surface area (TPSA) is 41.6 Å². The molecular weight excluding hydrogens is 156 g/mol. The summed E-state index contributed by atoms with van der Waals surface area (Å²) in [6.45, 7) is 4.64. The second-order valence-electron chi connectivity index (χ2n) is 2.98. The quantitative estimate of drug-likeness (QED) is 0.671. The van der Waals surface area contributed by atoms with Crippen LogP contribution in [0.5, 0.6) is 0 Å². The predicted octanol–water partition coefficient (Wildman–Crippen LogP) is 0.437. The van der Waals surface area contributed by atoms with Crippen molar-refractivity contribution >= 4 is 6.09 Å². The van der Waals surface area contributed by atoms with Gasteiger partial charge in [-0.3, -0.25) is 0 Å². The first-order valence-corrected chi connectivity index (χ1v) is 4.35. The Morgan fingerprint density at radius 2 is 2.33 bits per heavy atom. The van der Waals surface area contributed by atoms with Crippen molar-refractivity contribution in [2.45, 2.75) is 19.4 Å². The molecule has 0 aliphatic carbocycles. The van der Waals surface area contributed by atoms with Gasteiger partial charge in [-0.25, -0.2) is 4.79 Å². The van der Waals surface area contributed by atoms with Crippen molar-refractivity contribution in [1.82, 2.24) is 10.2 Å². The third-order valence-corrected chi connectivity index (χ3v) is 2.07. The third kappa shape index (κ3) is 1.88. The predicted molar refractivity (Wildman–Crippen MR) is 46.1 cm³/mol. The molecule has 0 spiro atoms. The smallest absolute Gasteiger partial charge is 0.409 e. The van der Waals surface area contributed by atoms with Gasteiger partial charge in [-0.1, -0.05) is 6.92 Å². The molecule has 0 radical (unpaired) electrons. The van der Waals surface area contributed by atoms with E-state index in [0.717, 1.165) is 26.1 Å². The van der Waals surface area contributed by atoms with E-state index in [0.29, 0.717) is 6.04 Å². The molecule has 0 bridgehead atoms. The monoisotopic (exact) mass is 172 g/mol. The molecule has 4 nitrogen and oxygen atoms in total. The maximum Gasteiger partial charge on any atom is 0.409 e. The van der Waals surface area contributed by atoms with Crippen molar-refractivity contribution < 1.29 is 9.53 Å². The van der Waals surface area contributed by atoms with E-state index < -0.39 is 0 Å². The van der Waals surface area contributed by atoms with Gasteiger partial charge in [0.05, 0.1) is 13.2 Å². The highest BCUT2D eigenvalue weighted by Gasteiger charge is 2.28. The molecule has 1 aliphatic rings. The summed E-state index contributed by atoms with van der Waals surface area (Å²) in [6, 6.07) is 0.345. The summed E-state index contributed by atoms with van der Waals surface area (Å²) < 4.78 is 4.68. The van der Waals surface area contributed by atoms with Gasteiger partial charge in [0.25, 0.3) is 0 Å². The third-order valence-electron chi connectivity index (χ3n) is 2.07. The molecule has 1 heterocycles. The number of carbonyl (C=O) groups is 1. The molecule has 0 unspecified atom stereocenters. The van der Waals surface area contributed by atoms with Crippen LogP contribution in [0.3, 0.4) is 0 Å². The highest BCUT2D eigenvalue weighted by atomic mass is 16.5. The molecule has 1 fully saturated rings. The standard InChI is InChI=1S/C8H16N2O2/c1-3-4-10(8(11)12-2)7-5-9-6-7/h7,9H,3-6H2,1-2H3. The van der Waals surface area contributed by atoms with Crippen molar-refractivity contribution in [3.05, 3.63) is 0 Å². The molecule has 1 aliphatic heterocycles. The van der Waals surface area contributed by atoms with E-state index in [2.05, 4.69) is 17.0 Å². The first kappa shape index (κ1) is 9.32. The number of amides is 1. The van der Waals surface area contributed by atoms with E-state index in [1.165, 1.54) is 7.11 Å². The highest BCUT2D eigenvalue weighted by molar-refractivity contribution is 5.68. The number of ether oxygens (including phenoxy) is 1. The molecule has 0 aromatic heterocycles. The number of nitrogens with one attached hydrogen (secondary N) is 1. The Kier molecular flexibility index (Phi) is 3.34. The molecule has 1 saturated heterocycles. The Labute approximate surface area is 72.9 Å². The van der Waals surface area contributed by atoms with Crippen LogP contribution >= 0.6 is 0 Å². The van der Waals surface area contributed by atoms with Crippen LogP contribution in [-0.4, -0.2) is 43.8 Å². The van der Waals surface area contributed by atoms with Crippen LogP contribution < -0.4 is 5.32 Å². The Morgan fingerprint density at radius 1 is 1.67 bits per heavy atom. The lowest BCUT2D eigenvalue weighted by Gasteiger charge is -2.36. The van der Waals surface area contributed by atoms with Gasteiger partial charge in [0, 0.05) is 19.6 Å². The summed E-state index contributed by atoms with van der Waals surface area (Å²) in [6.07, 6.45) is 0.773. The highest BCUT2D eigenvalue weighted by Crippen LogP contribution is 2.07.